The maximum Gasteiger partial charge on any atom is 0.240 e. The summed E-state index contributed by atoms with van der Waals surface area (Å²) >= 11 is 0. The SMILES string of the molecule is CC(C)N1CCCCC1C(=O)N1CCCOC(C)(C)C1. The molecule has 0 aromatic carbocycles. The summed E-state index contributed by atoms with van der Waals surface area (Å²) in [4.78, 5) is 17.4. The number of amides is 1. The van der Waals surface area contributed by atoms with E-state index in [-0.39, 0.29) is 11.6 Å². The van der Waals surface area contributed by atoms with Crippen LogP contribution in [0.3, 0.4) is 0 Å². The van der Waals surface area contributed by atoms with E-state index in [1.807, 2.05) is 4.90 Å². The van der Waals surface area contributed by atoms with Crippen molar-refractivity contribution in [2.24, 2.45) is 0 Å². The quantitative estimate of drug-likeness (QED) is 0.779. The highest BCUT2D eigenvalue weighted by molar-refractivity contribution is 5.82. The lowest BCUT2D eigenvalue weighted by Gasteiger charge is -2.40. The fraction of sp³-hybridized carbons (Fsp3) is 0.938. The number of rotatable bonds is 2. The predicted octanol–water partition coefficient (Wildman–Crippen LogP) is 2.28. The van der Waals surface area contributed by atoms with Gasteiger partial charge in [0.05, 0.1) is 11.6 Å². The monoisotopic (exact) mass is 282 g/mol. The average Bonchev–Trinajstić information content (AvgIpc) is 2.58. The Morgan fingerprint density at radius 1 is 1.20 bits per heavy atom. The molecule has 4 nitrogen and oxygen atoms in total. The molecule has 4 heteroatoms. The van der Waals surface area contributed by atoms with Crippen LogP contribution in [-0.2, 0) is 9.53 Å². The molecule has 116 valence electrons. The van der Waals surface area contributed by atoms with Crippen LogP contribution in [0.2, 0.25) is 0 Å². The van der Waals surface area contributed by atoms with Crippen LogP contribution in [0.4, 0.5) is 0 Å². The molecule has 0 saturated carbocycles. The molecular weight excluding hydrogens is 252 g/mol. The van der Waals surface area contributed by atoms with Crippen molar-refractivity contribution < 1.29 is 9.53 Å². The van der Waals surface area contributed by atoms with E-state index in [1.165, 1.54) is 12.8 Å². The molecule has 2 rings (SSSR count). The Bertz CT molecular complexity index is 341. The van der Waals surface area contributed by atoms with Crippen LogP contribution in [0, 0.1) is 0 Å². The molecule has 0 N–H and O–H groups in total. The van der Waals surface area contributed by atoms with Gasteiger partial charge in [0.1, 0.15) is 0 Å². The summed E-state index contributed by atoms with van der Waals surface area (Å²) in [5, 5.41) is 0. The van der Waals surface area contributed by atoms with Crippen LogP contribution in [-0.4, -0.2) is 59.6 Å². The Balaban J connectivity index is 2.08. The zero-order chi connectivity index (χ0) is 14.8. The van der Waals surface area contributed by atoms with E-state index in [1.54, 1.807) is 0 Å². The van der Waals surface area contributed by atoms with E-state index in [0.29, 0.717) is 18.5 Å². The number of piperidine rings is 1. The van der Waals surface area contributed by atoms with Gasteiger partial charge in [0.25, 0.3) is 0 Å². The molecule has 2 heterocycles. The van der Waals surface area contributed by atoms with Crippen LogP contribution in [0.5, 0.6) is 0 Å². The van der Waals surface area contributed by atoms with Gasteiger partial charge < -0.3 is 9.64 Å². The lowest BCUT2D eigenvalue weighted by Crippen LogP contribution is -2.55. The Morgan fingerprint density at radius 3 is 2.65 bits per heavy atom. The highest BCUT2D eigenvalue weighted by atomic mass is 16.5. The zero-order valence-electron chi connectivity index (χ0n) is 13.5. The van der Waals surface area contributed by atoms with Crippen molar-refractivity contribution in [3.63, 3.8) is 0 Å². The number of nitrogens with zero attached hydrogens (tertiary/aromatic N) is 2. The van der Waals surface area contributed by atoms with Gasteiger partial charge in [-0.15, -0.1) is 0 Å². The molecule has 0 bridgehead atoms. The van der Waals surface area contributed by atoms with E-state index in [0.717, 1.165) is 32.5 Å². The molecule has 20 heavy (non-hydrogen) atoms. The normalized spacial score (nSPS) is 28.4. The fourth-order valence-corrected chi connectivity index (χ4v) is 3.42. The molecule has 1 amide bonds. The second-order valence-corrected chi connectivity index (χ2v) is 7.06. The topological polar surface area (TPSA) is 32.8 Å². The van der Waals surface area contributed by atoms with Crippen molar-refractivity contribution >= 4 is 5.91 Å². The lowest BCUT2D eigenvalue weighted by atomic mass is 9.98. The molecular formula is C16H30N2O2. The van der Waals surface area contributed by atoms with Crippen molar-refractivity contribution in [1.82, 2.24) is 9.80 Å². The number of ether oxygens (including phenoxy) is 1. The molecule has 2 aliphatic rings. The largest absolute Gasteiger partial charge is 0.374 e. The van der Waals surface area contributed by atoms with Gasteiger partial charge in [-0.2, -0.15) is 0 Å². The lowest BCUT2D eigenvalue weighted by molar-refractivity contribution is -0.141. The maximum atomic E-state index is 12.9. The van der Waals surface area contributed by atoms with Crippen LogP contribution in [0.25, 0.3) is 0 Å². The van der Waals surface area contributed by atoms with E-state index in [4.69, 9.17) is 4.74 Å². The average molecular weight is 282 g/mol. The summed E-state index contributed by atoms with van der Waals surface area (Å²) in [5.74, 6) is 0.317. The number of hydrogen-bond donors (Lipinski definition) is 0. The third-order valence-electron chi connectivity index (χ3n) is 4.44. The minimum atomic E-state index is -0.219. The number of carbonyl (C=O) groups is 1. The molecule has 2 fully saturated rings. The van der Waals surface area contributed by atoms with Gasteiger partial charge in [-0.3, -0.25) is 9.69 Å². The van der Waals surface area contributed by atoms with Gasteiger partial charge in [-0.25, -0.2) is 0 Å². The van der Waals surface area contributed by atoms with Crippen molar-refractivity contribution in [2.75, 3.05) is 26.2 Å². The van der Waals surface area contributed by atoms with Gasteiger partial charge in [0, 0.05) is 25.7 Å². The van der Waals surface area contributed by atoms with Crippen molar-refractivity contribution in [3.8, 4) is 0 Å². The second kappa shape index (κ2) is 6.44. The minimum Gasteiger partial charge on any atom is -0.374 e. The third-order valence-corrected chi connectivity index (χ3v) is 4.44. The standard InChI is InChI=1S/C16H30N2O2/c1-13(2)18-10-6-5-8-14(18)15(19)17-9-7-11-20-16(3,4)12-17/h13-14H,5-12H2,1-4H3. The summed E-state index contributed by atoms with van der Waals surface area (Å²) in [6.07, 6.45) is 4.35. The smallest absolute Gasteiger partial charge is 0.240 e. The molecule has 0 aromatic rings. The first-order chi connectivity index (χ1) is 9.41. The number of hydrogen-bond acceptors (Lipinski definition) is 3. The number of likely N-dealkylation sites (tertiary alicyclic amines) is 1. The molecule has 1 unspecified atom stereocenters. The van der Waals surface area contributed by atoms with Gasteiger partial charge >= 0.3 is 0 Å². The molecule has 0 radical (unpaired) electrons. The van der Waals surface area contributed by atoms with E-state index >= 15 is 0 Å². The number of carbonyl (C=O) groups excluding carboxylic acids is 1. The minimum absolute atomic E-state index is 0.0812. The van der Waals surface area contributed by atoms with Gasteiger partial charge in [0.2, 0.25) is 5.91 Å². The Kier molecular flexibility index (Phi) is 5.08. The van der Waals surface area contributed by atoms with Crippen LogP contribution >= 0.6 is 0 Å². The molecule has 1 atom stereocenters. The summed E-state index contributed by atoms with van der Waals surface area (Å²) < 4.78 is 5.82. The third kappa shape index (κ3) is 3.73. The molecule has 0 spiro atoms. The van der Waals surface area contributed by atoms with E-state index in [2.05, 4.69) is 32.6 Å². The summed E-state index contributed by atoms with van der Waals surface area (Å²) in [6.45, 7) is 11.9. The molecule has 2 aliphatic heterocycles. The summed E-state index contributed by atoms with van der Waals surface area (Å²) in [5.41, 5.74) is -0.219. The Hall–Kier alpha value is -0.610. The van der Waals surface area contributed by atoms with Gasteiger partial charge in [-0.1, -0.05) is 6.42 Å². The van der Waals surface area contributed by atoms with Crippen molar-refractivity contribution in [2.45, 2.75) is 71.1 Å². The molecule has 0 aromatic heterocycles. The van der Waals surface area contributed by atoms with Crippen LogP contribution < -0.4 is 0 Å². The molecule has 2 saturated heterocycles. The predicted molar refractivity (Wildman–Crippen MR) is 80.7 cm³/mol. The molecule has 0 aliphatic carbocycles. The summed E-state index contributed by atoms with van der Waals surface area (Å²) in [6, 6.07) is 0.526. The second-order valence-electron chi connectivity index (χ2n) is 7.06. The first-order valence-corrected chi connectivity index (χ1v) is 8.09. The van der Waals surface area contributed by atoms with E-state index < -0.39 is 0 Å². The fourth-order valence-electron chi connectivity index (χ4n) is 3.42. The van der Waals surface area contributed by atoms with Crippen LogP contribution in [0.1, 0.15) is 53.4 Å². The van der Waals surface area contributed by atoms with E-state index in [9.17, 15) is 4.79 Å². The first-order valence-electron chi connectivity index (χ1n) is 8.09. The van der Waals surface area contributed by atoms with Crippen molar-refractivity contribution in [3.05, 3.63) is 0 Å². The highest BCUT2D eigenvalue weighted by Gasteiger charge is 2.36. The summed E-state index contributed by atoms with van der Waals surface area (Å²) in [7, 11) is 0. The van der Waals surface area contributed by atoms with Crippen LogP contribution in [0.15, 0.2) is 0 Å². The van der Waals surface area contributed by atoms with Gasteiger partial charge in [0.15, 0.2) is 0 Å². The zero-order valence-corrected chi connectivity index (χ0v) is 13.5. The first kappa shape index (κ1) is 15.8. The van der Waals surface area contributed by atoms with Crippen molar-refractivity contribution in [1.29, 1.82) is 0 Å². The Labute approximate surface area is 123 Å². The Morgan fingerprint density at radius 2 is 1.95 bits per heavy atom. The van der Waals surface area contributed by atoms with Gasteiger partial charge in [-0.05, 0) is 53.5 Å². The maximum absolute atomic E-state index is 12.9. The highest BCUT2D eigenvalue weighted by Crippen LogP contribution is 2.24.